The van der Waals surface area contributed by atoms with Crippen LogP contribution in [-0.2, 0) is 35.3 Å². The maximum atomic E-state index is 13.4. The Morgan fingerprint density at radius 2 is 1.75 bits per heavy atom. The number of anilines is 2. The monoisotopic (exact) mass is 494 g/mol. The average molecular weight is 495 g/mol. The third kappa shape index (κ3) is 5.55. The van der Waals surface area contributed by atoms with Crippen molar-refractivity contribution in [3.8, 4) is 0 Å². The predicted octanol–water partition coefficient (Wildman–Crippen LogP) is 1.34. The van der Waals surface area contributed by atoms with E-state index in [0.717, 1.165) is 5.56 Å². The molecule has 0 aromatic heterocycles. The van der Waals surface area contributed by atoms with E-state index < -0.39 is 30.3 Å². The first-order chi connectivity index (χ1) is 17.4. The van der Waals surface area contributed by atoms with E-state index in [1.165, 1.54) is 4.90 Å². The van der Waals surface area contributed by atoms with Crippen LogP contribution in [-0.4, -0.2) is 62.2 Å². The highest BCUT2D eigenvalue weighted by Gasteiger charge is 2.39. The van der Waals surface area contributed by atoms with Gasteiger partial charge in [-0.25, -0.2) is 0 Å². The maximum absolute atomic E-state index is 13.4. The van der Waals surface area contributed by atoms with E-state index in [0.29, 0.717) is 11.4 Å². The van der Waals surface area contributed by atoms with E-state index in [2.05, 4.69) is 10.6 Å². The lowest BCUT2D eigenvalue weighted by Crippen LogP contribution is -2.53. The molecule has 0 radical (unpaired) electrons. The lowest BCUT2D eigenvalue weighted by Gasteiger charge is -2.26. The summed E-state index contributed by atoms with van der Waals surface area (Å²) < 4.78 is 11.0. The summed E-state index contributed by atoms with van der Waals surface area (Å²) in [5, 5.41) is 5.75. The van der Waals surface area contributed by atoms with E-state index in [9.17, 15) is 19.2 Å². The Morgan fingerprint density at radius 3 is 2.44 bits per heavy atom. The second-order valence-electron chi connectivity index (χ2n) is 8.65. The van der Waals surface area contributed by atoms with E-state index in [1.54, 1.807) is 43.1 Å². The van der Waals surface area contributed by atoms with Crippen molar-refractivity contribution in [1.29, 1.82) is 0 Å². The molecule has 2 aromatic rings. The Hall–Kier alpha value is -3.76. The Balaban J connectivity index is 1.50. The SMILES string of the molecule is CCC(=O)N1C[C@H](NC)C(=O)N(CC(=O)N[C@H]2CC(=O)O[C@H]2OCc2ccccc2)c2ccccc21. The molecule has 1 saturated heterocycles. The van der Waals surface area contributed by atoms with Gasteiger partial charge in [-0.3, -0.25) is 24.1 Å². The molecule has 2 aliphatic rings. The van der Waals surface area contributed by atoms with Gasteiger partial charge in [0, 0.05) is 6.42 Å². The second kappa shape index (κ2) is 11.3. The summed E-state index contributed by atoms with van der Waals surface area (Å²) in [6.07, 6.45) is -0.691. The Labute approximate surface area is 209 Å². The highest BCUT2D eigenvalue weighted by Crippen LogP contribution is 2.33. The molecule has 2 heterocycles. The molecule has 1 fully saturated rings. The molecule has 0 bridgehead atoms. The quantitative estimate of drug-likeness (QED) is 0.532. The van der Waals surface area contributed by atoms with Crippen molar-refractivity contribution >= 4 is 35.1 Å². The summed E-state index contributed by atoms with van der Waals surface area (Å²) in [6.45, 7) is 1.84. The molecule has 190 valence electrons. The molecular formula is C26H30N4O6. The Bertz CT molecular complexity index is 1120. The van der Waals surface area contributed by atoms with Gasteiger partial charge in [0.1, 0.15) is 18.6 Å². The molecule has 10 nitrogen and oxygen atoms in total. The van der Waals surface area contributed by atoms with Gasteiger partial charge in [-0.2, -0.15) is 0 Å². The number of fused-ring (bicyclic) bond motifs is 1. The number of rotatable bonds is 8. The average Bonchev–Trinajstić information content (AvgIpc) is 3.19. The summed E-state index contributed by atoms with van der Waals surface area (Å²) in [7, 11) is 1.64. The van der Waals surface area contributed by atoms with Gasteiger partial charge in [-0.1, -0.05) is 49.4 Å². The fourth-order valence-electron chi connectivity index (χ4n) is 4.34. The number of nitrogens with zero attached hydrogens (tertiary/aromatic N) is 2. The summed E-state index contributed by atoms with van der Waals surface area (Å²) in [6, 6.07) is 15.0. The van der Waals surface area contributed by atoms with Crippen molar-refractivity contribution in [2.75, 3.05) is 29.9 Å². The van der Waals surface area contributed by atoms with Crippen molar-refractivity contribution in [2.24, 2.45) is 0 Å². The first kappa shape index (κ1) is 25.3. The molecule has 2 aliphatic heterocycles. The number of nitrogens with one attached hydrogen (secondary N) is 2. The number of hydrogen-bond donors (Lipinski definition) is 2. The number of cyclic esters (lactones) is 1. The molecule has 36 heavy (non-hydrogen) atoms. The number of esters is 1. The molecule has 3 atom stereocenters. The van der Waals surface area contributed by atoms with E-state index in [-0.39, 0.29) is 44.4 Å². The van der Waals surface area contributed by atoms with Crippen LogP contribution in [0.3, 0.4) is 0 Å². The van der Waals surface area contributed by atoms with Crippen molar-refractivity contribution in [3.05, 3.63) is 60.2 Å². The summed E-state index contributed by atoms with van der Waals surface area (Å²) in [5.41, 5.74) is 1.93. The van der Waals surface area contributed by atoms with Gasteiger partial charge in [0.2, 0.25) is 24.0 Å². The first-order valence-corrected chi connectivity index (χ1v) is 11.9. The van der Waals surface area contributed by atoms with Crippen molar-refractivity contribution in [3.63, 3.8) is 0 Å². The van der Waals surface area contributed by atoms with Crippen molar-refractivity contribution < 1.29 is 28.7 Å². The van der Waals surface area contributed by atoms with Crippen LogP contribution >= 0.6 is 0 Å². The van der Waals surface area contributed by atoms with Crippen molar-refractivity contribution in [1.82, 2.24) is 10.6 Å². The lowest BCUT2D eigenvalue weighted by atomic mass is 10.2. The number of carbonyl (C=O) groups excluding carboxylic acids is 4. The summed E-state index contributed by atoms with van der Waals surface area (Å²) in [5.74, 6) is -1.40. The molecule has 0 saturated carbocycles. The Kier molecular flexibility index (Phi) is 7.97. The largest absolute Gasteiger partial charge is 0.433 e. The van der Waals surface area contributed by atoms with Gasteiger partial charge in [-0.05, 0) is 24.7 Å². The van der Waals surface area contributed by atoms with Gasteiger partial charge in [0.05, 0.1) is 30.9 Å². The minimum Gasteiger partial charge on any atom is -0.433 e. The van der Waals surface area contributed by atoms with Gasteiger partial charge in [0.25, 0.3) is 0 Å². The van der Waals surface area contributed by atoms with E-state index in [4.69, 9.17) is 9.47 Å². The highest BCUT2D eigenvalue weighted by molar-refractivity contribution is 6.09. The van der Waals surface area contributed by atoms with Crippen LogP contribution in [0.1, 0.15) is 25.3 Å². The van der Waals surface area contributed by atoms with Gasteiger partial charge in [-0.15, -0.1) is 0 Å². The number of ether oxygens (including phenoxy) is 2. The van der Waals surface area contributed by atoms with Crippen LogP contribution in [0.25, 0.3) is 0 Å². The zero-order valence-electron chi connectivity index (χ0n) is 20.3. The van der Waals surface area contributed by atoms with E-state index >= 15 is 0 Å². The molecule has 2 N–H and O–H groups in total. The smallest absolute Gasteiger partial charge is 0.310 e. The molecule has 0 spiro atoms. The molecule has 0 unspecified atom stereocenters. The van der Waals surface area contributed by atoms with Crippen LogP contribution in [0.5, 0.6) is 0 Å². The third-order valence-corrected chi connectivity index (χ3v) is 6.21. The van der Waals surface area contributed by atoms with Crippen molar-refractivity contribution in [2.45, 2.75) is 44.7 Å². The second-order valence-corrected chi connectivity index (χ2v) is 8.65. The number of amides is 3. The van der Waals surface area contributed by atoms with Crippen LogP contribution in [0.2, 0.25) is 0 Å². The Morgan fingerprint density at radius 1 is 1.06 bits per heavy atom. The summed E-state index contributed by atoms with van der Waals surface area (Å²) >= 11 is 0. The van der Waals surface area contributed by atoms with Gasteiger partial charge >= 0.3 is 5.97 Å². The molecule has 2 aromatic carbocycles. The third-order valence-electron chi connectivity index (χ3n) is 6.21. The van der Waals surface area contributed by atoms with Gasteiger partial charge in [0.15, 0.2) is 0 Å². The molecule has 0 aliphatic carbocycles. The number of benzene rings is 2. The minimum atomic E-state index is -0.934. The summed E-state index contributed by atoms with van der Waals surface area (Å²) in [4.78, 5) is 54.0. The number of likely N-dealkylation sites (N-methyl/N-ethyl adjacent to an activating group) is 1. The topological polar surface area (TPSA) is 117 Å². The zero-order chi connectivity index (χ0) is 25.7. The normalized spacial score (nSPS) is 21.6. The van der Waals surface area contributed by atoms with Crippen LogP contribution in [0, 0.1) is 0 Å². The van der Waals surface area contributed by atoms with Gasteiger partial charge < -0.3 is 25.0 Å². The standard InChI is InChI=1S/C26H30N4O6/c1-3-23(32)29-14-19(27-2)25(34)30(21-12-8-7-11-20(21)29)15-22(31)28-18-13-24(33)36-26(18)35-16-17-9-5-4-6-10-17/h4-12,18-19,26-27H,3,13-16H2,1-2H3,(H,28,31)/t18-,19-,26+/m0/s1. The number of carbonyl (C=O) groups is 4. The molecule has 4 rings (SSSR count). The van der Waals surface area contributed by atoms with E-state index in [1.807, 2.05) is 30.3 Å². The molecule has 3 amide bonds. The zero-order valence-corrected chi connectivity index (χ0v) is 20.3. The predicted molar refractivity (Wildman–Crippen MR) is 132 cm³/mol. The van der Waals surface area contributed by atoms with Crippen LogP contribution in [0.15, 0.2) is 54.6 Å². The van der Waals surface area contributed by atoms with Crippen LogP contribution in [0.4, 0.5) is 11.4 Å². The highest BCUT2D eigenvalue weighted by atomic mass is 16.7. The fraction of sp³-hybridized carbons (Fsp3) is 0.385. The maximum Gasteiger partial charge on any atom is 0.310 e. The number of hydrogen-bond acceptors (Lipinski definition) is 7. The molecule has 10 heteroatoms. The minimum absolute atomic E-state index is 0.0341. The van der Waals surface area contributed by atoms with Crippen LogP contribution < -0.4 is 20.4 Å². The number of para-hydroxylation sites is 2. The fourth-order valence-corrected chi connectivity index (χ4v) is 4.34. The molecular weight excluding hydrogens is 464 g/mol. The first-order valence-electron chi connectivity index (χ1n) is 11.9. The lowest BCUT2D eigenvalue weighted by molar-refractivity contribution is -0.168.